The SMILES string of the molecule is CCOC1CC(NC(=O)CCOc2ccc(N)cc2)C1. The molecule has 0 atom stereocenters. The Hall–Kier alpha value is -1.75. The van der Waals surface area contributed by atoms with Gasteiger partial charge in [0, 0.05) is 18.3 Å². The molecule has 0 saturated heterocycles. The Bertz CT molecular complexity index is 427. The number of hydrogen-bond donors (Lipinski definition) is 2. The minimum Gasteiger partial charge on any atom is -0.493 e. The molecule has 0 bridgehead atoms. The van der Waals surface area contributed by atoms with Gasteiger partial charge in [-0.25, -0.2) is 0 Å². The van der Waals surface area contributed by atoms with E-state index in [-0.39, 0.29) is 11.9 Å². The topological polar surface area (TPSA) is 73.6 Å². The van der Waals surface area contributed by atoms with Crippen LogP contribution in [0.3, 0.4) is 0 Å². The lowest BCUT2D eigenvalue weighted by atomic mass is 9.89. The van der Waals surface area contributed by atoms with E-state index in [1.54, 1.807) is 24.3 Å². The number of carbonyl (C=O) groups is 1. The van der Waals surface area contributed by atoms with E-state index in [2.05, 4.69) is 5.32 Å². The quantitative estimate of drug-likeness (QED) is 0.745. The van der Waals surface area contributed by atoms with E-state index in [1.165, 1.54) is 0 Å². The van der Waals surface area contributed by atoms with E-state index in [0.29, 0.717) is 24.8 Å². The van der Waals surface area contributed by atoms with Crippen LogP contribution in [0.25, 0.3) is 0 Å². The lowest BCUT2D eigenvalue weighted by Crippen LogP contribution is -2.48. The Kier molecular flexibility index (Phi) is 5.24. The number of carbonyl (C=O) groups excluding carboxylic acids is 1. The average molecular weight is 278 g/mol. The maximum absolute atomic E-state index is 11.7. The molecule has 1 aliphatic rings. The van der Waals surface area contributed by atoms with Crippen LogP contribution in [0.15, 0.2) is 24.3 Å². The Labute approximate surface area is 119 Å². The van der Waals surface area contributed by atoms with Crippen molar-refractivity contribution in [1.82, 2.24) is 5.32 Å². The molecule has 3 N–H and O–H groups in total. The van der Waals surface area contributed by atoms with Crippen LogP contribution in [0.1, 0.15) is 26.2 Å². The van der Waals surface area contributed by atoms with Gasteiger partial charge in [-0.2, -0.15) is 0 Å². The van der Waals surface area contributed by atoms with Gasteiger partial charge in [-0.15, -0.1) is 0 Å². The first-order valence-electron chi connectivity index (χ1n) is 7.06. The smallest absolute Gasteiger partial charge is 0.223 e. The molecule has 110 valence electrons. The highest BCUT2D eigenvalue weighted by molar-refractivity contribution is 5.76. The largest absolute Gasteiger partial charge is 0.493 e. The van der Waals surface area contributed by atoms with E-state index in [9.17, 15) is 4.79 Å². The molecular formula is C15H22N2O3. The zero-order chi connectivity index (χ0) is 14.4. The summed E-state index contributed by atoms with van der Waals surface area (Å²) in [7, 11) is 0. The standard InChI is InChI=1S/C15H22N2O3/c1-2-19-14-9-12(10-14)17-15(18)7-8-20-13-5-3-11(16)4-6-13/h3-6,12,14H,2,7-10,16H2,1H3,(H,17,18). The molecule has 0 aromatic heterocycles. The first kappa shape index (κ1) is 14.7. The second-order valence-electron chi connectivity index (χ2n) is 4.98. The van der Waals surface area contributed by atoms with E-state index in [0.717, 1.165) is 25.2 Å². The molecule has 1 aromatic rings. The fourth-order valence-corrected chi connectivity index (χ4v) is 2.18. The molecule has 0 radical (unpaired) electrons. The fraction of sp³-hybridized carbons (Fsp3) is 0.533. The first-order valence-corrected chi connectivity index (χ1v) is 7.06. The van der Waals surface area contributed by atoms with E-state index >= 15 is 0 Å². The van der Waals surface area contributed by atoms with Crippen molar-refractivity contribution in [2.75, 3.05) is 18.9 Å². The maximum atomic E-state index is 11.7. The monoisotopic (exact) mass is 278 g/mol. The Morgan fingerprint density at radius 2 is 2.05 bits per heavy atom. The van der Waals surface area contributed by atoms with Crippen LogP contribution in [0.5, 0.6) is 5.75 Å². The van der Waals surface area contributed by atoms with Gasteiger partial charge >= 0.3 is 0 Å². The van der Waals surface area contributed by atoms with Crippen LogP contribution in [0.4, 0.5) is 5.69 Å². The van der Waals surface area contributed by atoms with Gasteiger partial charge in [0.1, 0.15) is 5.75 Å². The number of anilines is 1. The van der Waals surface area contributed by atoms with Crippen molar-refractivity contribution in [3.63, 3.8) is 0 Å². The Morgan fingerprint density at radius 3 is 2.70 bits per heavy atom. The third-order valence-corrected chi connectivity index (χ3v) is 3.34. The molecule has 0 heterocycles. The van der Waals surface area contributed by atoms with Gasteiger partial charge in [0.2, 0.25) is 5.91 Å². The van der Waals surface area contributed by atoms with Gasteiger partial charge in [-0.3, -0.25) is 4.79 Å². The third kappa shape index (κ3) is 4.42. The van der Waals surface area contributed by atoms with E-state index in [1.807, 2.05) is 6.92 Å². The summed E-state index contributed by atoms with van der Waals surface area (Å²) in [5, 5.41) is 2.98. The molecule has 1 saturated carbocycles. The molecule has 0 aliphatic heterocycles. The van der Waals surface area contributed by atoms with Gasteiger partial charge in [-0.1, -0.05) is 0 Å². The zero-order valence-corrected chi connectivity index (χ0v) is 11.8. The number of benzene rings is 1. The van der Waals surface area contributed by atoms with Gasteiger partial charge < -0.3 is 20.5 Å². The van der Waals surface area contributed by atoms with Crippen LogP contribution < -0.4 is 15.8 Å². The molecule has 1 amide bonds. The maximum Gasteiger partial charge on any atom is 0.223 e. The first-order chi connectivity index (χ1) is 9.67. The van der Waals surface area contributed by atoms with Crippen molar-refractivity contribution < 1.29 is 14.3 Å². The summed E-state index contributed by atoms with van der Waals surface area (Å²) in [5.41, 5.74) is 6.28. The normalized spacial score (nSPS) is 21.1. The summed E-state index contributed by atoms with van der Waals surface area (Å²) in [6.45, 7) is 3.10. The van der Waals surface area contributed by atoms with Gasteiger partial charge in [-0.05, 0) is 44.0 Å². The van der Waals surface area contributed by atoms with Crippen LogP contribution in [0.2, 0.25) is 0 Å². The van der Waals surface area contributed by atoms with Crippen LogP contribution in [0, 0.1) is 0 Å². The molecular weight excluding hydrogens is 256 g/mol. The molecule has 2 rings (SSSR count). The second-order valence-corrected chi connectivity index (χ2v) is 4.98. The highest BCUT2D eigenvalue weighted by Crippen LogP contribution is 2.23. The molecule has 5 heteroatoms. The number of rotatable bonds is 7. The number of amides is 1. The molecule has 1 aliphatic carbocycles. The van der Waals surface area contributed by atoms with Crippen molar-refractivity contribution in [2.24, 2.45) is 0 Å². The number of nitrogen functional groups attached to an aromatic ring is 1. The van der Waals surface area contributed by atoms with Crippen molar-refractivity contribution in [3.8, 4) is 5.75 Å². The van der Waals surface area contributed by atoms with E-state index in [4.69, 9.17) is 15.2 Å². The minimum absolute atomic E-state index is 0.0281. The molecule has 5 nitrogen and oxygen atoms in total. The summed E-state index contributed by atoms with van der Waals surface area (Å²) in [4.78, 5) is 11.7. The molecule has 1 aromatic carbocycles. The predicted octanol–water partition coefficient (Wildman–Crippen LogP) is 1.72. The lowest BCUT2D eigenvalue weighted by molar-refractivity contribution is -0.124. The summed E-state index contributed by atoms with van der Waals surface area (Å²) in [5.74, 6) is 0.757. The Morgan fingerprint density at radius 1 is 1.35 bits per heavy atom. The van der Waals surface area contributed by atoms with E-state index < -0.39 is 0 Å². The summed E-state index contributed by atoms with van der Waals surface area (Å²) >= 11 is 0. The summed E-state index contributed by atoms with van der Waals surface area (Å²) in [6, 6.07) is 7.41. The highest BCUT2D eigenvalue weighted by Gasteiger charge is 2.30. The van der Waals surface area contributed by atoms with Crippen molar-refractivity contribution >= 4 is 11.6 Å². The number of ether oxygens (including phenoxy) is 2. The van der Waals surface area contributed by atoms with Crippen LogP contribution >= 0.6 is 0 Å². The highest BCUT2D eigenvalue weighted by atomic mass is 16.5. The average Bonchev–Trinajstić information content (AvgIpc) is 2.39. The minimum atomic E-state index is 0.0281. The number of nitrogens with two attached hydrogens (primary N) is 1. The van der Waals surface area contributed by atoms with Crippen molar-refractivity contribution in [1.29, 1.82) is 0 Å². The van der Waals surface area contributed by atoms with Gasteiger partial charge in [0.05, 0.1) is 19.1 Å². The molecule has 0 unspecified atom stereocenters. The molecule has 1 fully saturated rings. The van der Waals surface area contributed by atoms with Crippen molar-refractivity contribution in [2.45, 2.75) is 38.3 Å². The fourth-order valence-electron chi connectivity index (χ4n) is 2.18. The van der Waals surface area contributed by atoms with Gasteiger partial charge in [0.25, 0.3) is 0 Å². The molecule has 0 spiro atoms. The predicted molar refractivity (Wildman–Crippen MR) is 77.5 cm³/mol. The van der Waals surface area contributed by atoms with Crippen molar-refractivity contribution in [3.05, 3.63) is 24.3 Å². The third-order valence-electron chi connectivity index (χ3n) is 3.34. The second kappa shape index (κ2) is 7.14. The summed E-state index contributed by atoms with van der Waals surface area (Å²) < 4.78 is 10.9. The van der Waals surface area contributed by atoms with Crippen LogP contribution in [-0.4, -0.2) is 31.3 Å². The zero-order valence-electron chi connectivity index (χ0n) is 11.8. The van der Waals surface area contributed by atoms with Gasteiger partial charge in [0.15, 0.2) is 0 Å². The summed E-state index contributed by atoms with van der Waals surface area (Å²) in [6.07, 6.45) is 2.51. The Balaban J connectivity index is 1.58. The number of nitrogens with one attached hydrogen (secondary N) is 1. The molecule has 20 heavy (non-hydrogen) atoms. The number of hydrogen-bond acceptors (Lipinski definition) is 4. The van der Waals surface area contributed by atoms with Crippen LogP contribution in [-0.2, 0) is 9.53 Å². The lowest BCUT2D eigenvalue weighted by Gasteiger charge is -2.35.